The summed E-state index contributed by atoms with van der Waals surface area (Å²) in [5.74, 6) is -0.322. The van der Waals surface area contributed by atoms with Crippen LogP contribution in [0.5, 0.6) is 0 Å². The van der Waals surface area contributed by atoms with Crippen molar-refractivity contribution in [2.45, 2.75) is 71.3 Å². The number of hydrogen-bond donors (Lipinski definition) is 1. The molecule has 0 amide bonds. The van der Waals surface area contributed by atoms with Crippen LogP contribution in [0.25, 0.3) is 0 Å². The van der Waals surface area contributed by atoms with Crippen molar-refractivity contribution in [3.63, 3.8) is 0 Å². The van der Waals surface area contributed by atoms with E-state index in [2.05, 4.69) is 25.7 Å². The maximum Gasteiger partial charge on any atom is 0.330 e. The fourth-order valence-electron chi connectivity index (χ4n) is 2.02. The van der Waals surface area contributed by atoms with E-state index in [1.54, 1.807) is 0 Å². The van der Waals surface area contributed by atoms with Crippen molar-refractivity contribution in [1.29, 1.82) is 0 Å². The zero-order valence-electron chi connectivity index (χ0n) is 12.7. The lowest BCUT2D eigenvalue weighted by Crippen LogP contribution is -2.31. The van der Waals surface area contributed by atoms with Crippen LogP contribution in [0.3, 0.4) is 0 Å². The number of ether oxygens (including phenoxy) is 1. The van der Waals surface area contributed by atoms with Gasteiger partial charge in [0.2, 0.25) is 0 Å². The Hall–Kier alpha value is -0.830. The third-order valence-corrected chi connectivity index (χ3v) is 3.25. The third kappa shape index (κ3) is 12.0. The van der Waals surface area contributed by atoms with E-state index in [0.717, 1.165) is 19.4 Å². The highest BCUT2D eigenvalue weighted by atomic mass is 16.5. The molecule has 0 aromatic carbocycles. The minimum Gasteiger partial charge on any atom is -0.462 e. The van der Waals surface area contributed by atoms with Crippen molar-refractivity contribution in [1.82, 2.24) is 5.32 Å². The van der Waals surface area contributed by atoms with E-state index in [-0.39, 0.29) is 5.97 Å². The summed E-state index contributed by atoms with van der Waals surface area (Å²) in [7, 11) is 0. The quantitative estimate of drug-likeness (QED) is 0.314. The molecule has 1 atom stereocenters. The van der Waals surface area contributed by atoms with E-state index >= 15 is 0 Å². The third-order valence-electron chi connectivity index (χ3n) is 3.25. The SMILES string of the molecule is C=CC(=O)OCCC(CCCC)NCCCCCC. The van der Waals surface area contributed by atoms with Crippen LogP contribution in [0.4, 0.5) is 0 Å². The largest absolute Gasteiger partial charge is 0.462 e. The number of hydrogen-bond acceptors (Lipinski definition) is 3. The fourth-order valence-corrected chi connectivity index (χ4v) is 2.02. The molecule has 0 spiro atoms. The summed E-state index contributed by atoms with van der Waals surface area (Å²) in [6.07, 6.45) is 10.8. The van der Waals surface area contributed by atoms with Gasteiger partial charge in [-0.25, -0.2) is 4.79 Å². The Morgan fingerprint density at radius 3 is 2.53 bits per heavy atom. The lowest BCUT2D eigenvalue weighted by Gasteiger charge is -2.18. The average Bonchev–Trinajstić information content (AvgIpc) is 2.43. The lowest BCUT2D eigenvalue weighted by atomic mass is 10.1. The molecule has 0 saturated carbocycles. The molecule has 1 N–H and O–H groups in total. The van der Waals surface area contributed by atoms with E-state index in [1.165, 1.54) is 44.6 Å². The summed E-state index contributed by atoms with van der Waals surface area (Å²) < 4.78 is 5.05. The lowest BCUT2D eigenvalue weighted by molar-refractivity contribution is -0.137. The molecule has 0 aliphatic rings. The first-order chi connectivity index (χ1) is 9.24. The molecule has 19 heavy (non-hydrogen) atoms. The van der Waals surface area contributed by atoms with E-state index in [4.69, 9.17) is 4.74 Å². The standard InChI is InChI=1S/C16H31NO2/c1-4-7-9-10-13-17-15(11-8-5-2)12-14-19-16(18)6-3/h6,15,17H,3-5,7-14H2,1-2H3. The van der Waals surface area contributed by atoms with Gasteiger partial charge in [-0.3, -0.25) is 0 Å². The van der Waals surface area contributed by atoms with Gasteiger partial charge in [-0.2, -0.15) is 0 Å². The van der Waals surface area contributed by atoms with Gasteiger partial charge in [-0.1, -0.05) is 52.5 Å². The molecule has 0 aliphatic carbocycles. The fraction of sp³-hybridized carbons (Fsp3) is 0.812. The molecule has 0 bridgehead atoms. The number of carbonyl (C=O) groups is 1. The van der Waals surface area contributed by atoms with E-state index in [0.29, 0.717) is 12.6 Å². The zero-order valence-corrected chi connectivity index (χ0v) is 12.7. The van der Waals surface area contributed by atoms with E-state index < -0.39 is 0 Å². The minimum atomic E-state index is -0.322. The predicted octanol–water partition coefficient (Wildman–Crippen LogP) is 3.83. The molecule has 0 radical (unpaired) electrons. The van der Waals surface area contributed by atoms with Crippen LogP contribution in [-0.4, -0.2) is 25.2 Å². The molecule has 0 aromatic rings. The summed E-state index contributed by atoms with van der Waals surface area (Å²) >= 11 is 0. The van der Waals surface area contributed by atoms with Gasteiger partial charge in [0.1, 0.15) is 0 Å². The highest BCUT2D eigenvalue weighted by molar-refractivity contribution is 5.81. The Balaban J connectivity index is 3.74. The minimum absolute atomic E-state index is 0.322. The van der Waals surface area contributed by atoms with Gasteiger partial charge < -0.3 is 10.1 Å². The van der Waals surface area contributed by atoms with Crippen molar-refractivity contribution in [2.75, 3.05) is 13.2 Å². The summed E-state index contributed by atoms with van der Waals surface area (Å²) in [4.78, 5) is 11.0. The second kappa shape index (κ2) is 13.6. The summed E-state index contributed by atoms with van der Waals surface area (Å²) in [6.45, 7) is 9.39. The van der Waals surface area contributed by atoms with Crippen molar-refractivity contribution in [3.05, 3.63) is 12.7 Å². The van der Waals surface area contributed by atoms with Crippen LogP contribution in [0.2, 0.25) is 0 Å². The van der Waals surface area contributed by atoms with E-state index in [9.17, 15) is 4.79 Å². The van der Waals surface area contributed by atoms with Crippen LogP contribution >= 0.6 is 0 Å². The van der Waals surface area contributed by atoms with Gasteiger partial charge in [0, 0.05) is 12.1 Å². The highest BCUT2D eigenvalue weighted by Gasteiger charge is 2.08. The first-order valence-corrected chi connectivity index (χ1v) is 7.77. The average molecular weight is 269 g/mol. The molecule has 0 rings (SSSR count). The van der Waals surface area contributed by atoms with Gasteiger partial charge in [0.25, 0.3) is 0 Å². The van der Waals surface area contributed by atoms with Gasteiger partial charge in [-0.15, -0.1) is 0 Å². The maximum absolute atomic E-state index is 11.0. The molecule has 0 aliphatic heterocycles. The van der Waals surface area contributed by atoms with Crippen molar-refractivity contribution >= 4 is 5.97 Å². The van der Waals surface area contributed by atoms with E-state index in [1.807, 2.05) is 0 Å². The Bertz CT molecular complexity index is 229. The molecule has 0 saturated heterocycles. The monoisotopic (exact) mass is 269 g/mol. The van der Waals surface area contributed by atoms with Crippen molar-refractivity contribution in [3.8, 4) is 0 Å². The predicted molar refractivity (Wildman–Crippen MR) is 81.2 cm³/mol. The first kappa shape index (κ1) is 18.2. The Labute approximate surface area is 118 Å². The van der Waals surface area contributed by atoms with Crippen molar-refractivity contribution < 1.29 is 9.53 Å². The molecule has 3 heteroatoms. The number of unbranched alkanes of at least 4 members (excludes halogenated alkanes) is 4. The molecule has 1 unspecified atom stereocenters. The number of nitrogens with one attached hydrogen (secondary N) is 1. The molecular formula is C16H31NO2. The topological polar surface area (TPSA) is 38.3 Å². The van der Waals surface area contributed by atoms with Gasteiger partial charge >= 0.3 is 5.97 Å². The van der Waals surface area contributed by atoms with Crippen LogP contribution in [-0.2, 0) is 9.53 Å². The molecular weight excluding hydrogens is 238 g/mol. The van der Waals surface area contributed by atoms with Gasteiger partial charge in [0.15, 0.2) is 0 Å². The molecule has 0 heterocycles. The first-order valence-electron chi connectivity index (χ1n) is 7.77. The molecule has 3 nitrogen and oxygen atoms in total. The number of rotatable bonds is 13. The van der Waals surface area contributed by atoms with Crippen LogP contribution in [0.1, 0.15) is 65.2 Å². The summed E-state index contributed by atoms with van der Waals surface area (Å²) in [5.41, 5.74) is 0. The Morgan fingerprint density at radius 2 is 1.89 bits per heavy atom. The number of carbonyl (C=O) groups excluding carboxylic acids is 1. The Morgan fingerprint density at radius 1 is 1.16 bits per heavy atom. The van der Waals surface area contributed by atoms with Crippen molar-refractivity contribution in [2.24, 2.45) is 0 Å². The van der Waals surface area contributed by atoms with Gasteiger partial charge in [0.05, 0.1) is 6.61 Å². The Kier molecular flexibility index (Phi) is 13.0. The summed E-state index contributed by atoms with van der Waals surface area (Å²) in [6, 6.07) is 0.471. The zero-order chi connectivity index (χ0) is 14.3. The smallest absolute Gasteiger partial charge is 0.330 e. The van der Waals surface area contributed by atoms with Crippen LogP contribution < -0.4 is 5.32 Å². The molecule has 0 aromatic heterocycles. The van der Waals surface area contributed by atoms with Crippen LogP contribution in [0, 0.1) is 0 Å². The van der Waals surface area contributed by atoms with Crippen LogP contribution in [0.15, 0.2) is 12.7 Å². The molecule has 0 fully saturated rings. The number of esters is 1. The van der Waals surface area contributed by atoms with Gasteiger partial charge in [-0.05, 0) is 25.8 Å². The second-order valence-electron chi connectivity index (χ2n) is 5.01. The second-order valence-corrected chi connectivity index (χ2v) is 5.01. The normalized spacial score (nSPS) is 12.1. The highest BCUT2D eigenvalue weighted by Crippen LogP contribution is 2.06. The summed E-state index contributed by atoms with van der Waals surface area (Å²) in [5, 5.41) is 3.59. The molecule has 112 valence electrons. The maximum atomic E-state index is 11.0.